The number of hydrogen-bond donors (Lipinski definition) is 3. The van der Waals surface area contributed by atoms with Gasteiger partial charge in [0.05, 0.1) is 12.5 Å². The molecule has 1 unspecified atom stereocenters. The lowest BCUT2D eigenvalue weighted by Gasteiger charge is -2.18. The van der Waals surface area contributed by atoms with Crippen LogP contribution in [0.1, 0.15) is 13.3 Å². The number of nitrogens with zero attached hydrogens (tertiary/aromatic N) is 1. The molecule has 0 aromatic carbocycles. The zero-order valence-corrected chi connectivity index (χ0v) is 8.36. The maximum absolute atomic E-state index is 11.2. The van der Waals surface area contributed by atoms with Gasteiger partial charge >= 0.3 is 12.0 Å². The van der Waals surface area contributed by atoms with Gasteiger partial charge in [0.1, 0.15) is 0 Å². The van der Waals surface area contributed by atoms with Crippen molar-refractivity contribution in [1.82, 2.24) is 10.2 Å². The van der Waals surface area contributed by atoms with Crippen LogP contribution >= 0.6 is 0 Å². The van der Waals surface area contributed by atoms with Crippen LogP contribution in [0.15, 0.2) is 0 Å². The molecule has 0 bridgehead atoms. The second kappa shape index (κ2) is 6.20. The van der Waals surface area contributed by atoms with E-state index < -0.39 is 12.1 Å². The van der Waals surface area contributed by atoms with Crippen LogP contribution in [0.25, 0.3) is 0 Å². The van der Waals surface area contributed by atoms with E-state index in [2.05, 4.69) is 5.32 Å². The highest BCUT2D eigenvalue weighted by molar-refractivity contribution is 5.74. The van der Waals surface area contributed by atoms with Gasteiger partial charge in [-0.05, 0) is 6.92 Å². The molecule has 0 radical (unpaired) electrons. The number of nitrogens with one attached hydrogen (secondary N) is 1. The lowest BCUT2D eigenvalue weighted by Crippen LogP contribution is -2.41. The minimum Gasteiger partial charge on any atom is -0.481 e. The third-order valence-electron chi connectivity index (χ3n) is 1.50. The van der Waals surface area contributed by atoms with Crippen molar-refractivity contribution >= 4 is 12.0 Å². The number of aliphatic carboxylic acids is 1. The predicted octanol–water partition coefficient (Wildman–Crippen LogP) is -0.517. The highest BCUT2D eigenvalue weighted by atomic mass is 16.4. The number of hydrogen-bond acceptors (Lipinski definition) is 3. The Balaban J connectivity index is 3.67. The van der Waals surface area contributed by atoms with Crippen LogP contribution in [0.5, 0.6) is 0 Å². The van der Waals surface area contributed by atoms with E-state index in [-0.39, 0.29) is 25.5 Å². The van der Waals surface area contributed by atoms with Gasteiger partial charge in [0.15, 0.2) is 0 Å². The zero-order chi connectivity index (χ0) is 11.1. The molecule has 1 atom stereocenters. The fraction of sp³-hybridized carbons (Fsp3) is 0.750. The number of carboxylic acids is 1. The molecule has 0 heterocycles. The molecular formula is C8H16N2O4. The van der Waals surface area contributed by atoms with E-state index in [1.807, 2.05) is 0 Å². The van der Waals surface area contributed by atoms with Crippen molar-refractivity contribution in [1.29, 1.82) is 0 Å². The Morgan fingerprint density at radius 3 is 2.50 bits per heavy atom. The van der Waals surface area contributed by atoms with Crippen molar-refractivity contribution in [3.63, 3.8) is 0 Å². The molecule has 0 aliphatic heterocycles. The Kier molecular flexibility index (Phi) is 5.62. The monoisotopic (exact) mass is 204 g/mol. The van der Waals surface area contributed by atoms with Crippen LogP contribution in [-0.4, -0.2) is 53.4 Å². The summed E-state index contributed by atoms with van der Waals surface area (Å²) in [7, 11) is 1.53. The van der Waals surface area contributed by atoms with Crippen LogP contribution in [0.3, 0.4) is 0 Å². The summed E-state index contributed by atoms with van der Waals surface area (Å²) in [6.45, 7) is 1.89. The third-order valence-corrected chi connectivity index (χ3v) is 1.50. The summed E-state index contributed by atoms with van der Waals surface area (Å²) in [5, 5.41) is 19.7. The summed E-state index contributed by atoms with van der Waals surface area (Å²) in [6, 6.07) is -0.382. The topological polar surface area (TPSA) is 89.9 Å². The molecule has 0 saturated carbocycles. The van der Waals surface area contributed by atoms with E-state index in [4.69, 9.17) is 10.2 Å². The van der Waals surface area contributed by atoms with Crippen LogP contribution in [0.4, 0.5) is 4.79 Å². The van der Waals surface area contributed by atoms with Crippen molar-refractivity contribution < 1.29 is 19.8 Å². The molecule has 0 aromatic rings. The minimum atomic E-state index is -0.955. The fourth-order valence-corrected chi connectivity index (χ4v) is 0.891. The Bertz CT molecular complexity index is 206. The van der Waals surface area contributed by atoms with Crippen LogP contribution in [-0.2, 0) is 4.79 Å². The van der Waals surface area contributed by atoms with Gasteiger partial charge < -0.3 is 20.4 Å². The maximum atomic E-state index is 11.2. The molecule has 0 fully saturated rings. The first-order valence-electron chi connectivity index (χ1n) is 4.32. The normalized spacial score (nSPS) is 11.9. The summed E-state index contributed by atoms with van der Waals surface area (Å²) in [4.78, 5) is 22.6. The Morgan fingerprint density at radius 2 is 2.07 bits per heavy atom. The largest absolute Gasteiger partial charge is 0.481 e. The third kappa shape index (κ3) is 6.24. The van der Waals surface area contributed by atoms with Gasteiger partial charge in [-0.1, -0.05) is 0 Å². The molecule has 0 aliphatic carbocycles. The van der Waals surface area contributed by atoms with E-state index in [0.717, 1.165) is 0 Å². The predicted molar refractivity (Wildman–Crippen MR) is 50.0 cm³/mol. The van der Waals surface area contributed by atoms with Gasteiger partial charge in [-0.2, -0.15) is 0 Å². The van der Waals surface area contributed by atoms with Gasteiger partial charge in [-0.25, -0.2) is 4.79 Å². The minimum absolute atomic E-state index is 0.0956. The molecule has 0 spiro atoms. The summed E-state index contributed by atoms with van der Waals surface area (Å²) in [5.74, 6) is -0.955. The summed E-state index contributed by atoms with van der Waals surface area (Å²) < 4.78 is 0. The molecule has 0 aliphatic rings. The Morgan fingerprint density at radius 1 is 1.50 bits per heavy atom. The fourth-order valence-electron chi connectivity index (χ4n) is 0.891. The van der Waals surface area contributed by atoms with Crippen molar-refractivity contribution in [2.24, 2.45) is 0 Å². The molecule has 6 nitrogen and oxygen atoms in total. The van der Waals surface area contributed by atoms with Crippen LogP contribution in [0.2, 0.25) is 0 Å². The zero-order valence-electron chi connectivity index (χ0n) is 8.36. The Hall–Kier alpha value is -1.30. The van der Waals surface area contributed by atoms with Crippen molar-refractivity contribution in [3.05, 3.63) is 0 Å². The lowest BCUT2D eigenvalue weighted by molar-refractivity contribution is -0.136. The van der Waals surface area contributed by atoms with Gasteiger partial charge in [0, 0.05) is 20.1 Å². The number of carbonyl (C=O) groups excluding carboxylic acids is 1. The standard InChI is InChI=1S/C8H16N2O4/c1-6(11)5-10(2)8(14)9-4-3-7(12)13/h6,11H,3-5H2,1-2H3,(H,9,14)(H,12,13). The molecular weight excluding hydrogens is 188 g/mol. The molecule has 0 rings (SSSR count). The quantitative estimate of drug-likeness (QED) is 0.562. The first kappa shape index (κ1) is 12.7. The summed E-state index contributed by atoms with van der Waals surface area (Å²) in [6.07, 6.45) is -0.695. The highest BCUT2D eigenvalue weighted by Crippen LogP contribution is 1.89. The van der Waals surface area contributed by atoms with Gasteiger partial charge in [0.25, 0.3) is 0 Å². The summed E-state index contributed by atoms with van der Waals surface area (Å²) in [5.41, 5.74) is 0. The SMILES string of the molecule is CC(O)CN(C)C(=O)NCCC(=O)O. The first-order chi connectivity index (χ1) is 6.43. The van der Waals surface area contributed by atoms with Crippen LogP contribution in [0, 0.1) is 0 Å². The van der Waals surface area contributed by atoms with E-state index in [0.29, 0.717) is 0 Å². The average Bonchev–Trinajstić information content (AvgIpc) is 2.01. The lowest BCUT2D eigenvalue weighted by atomic mass is 10.4. The van der Waals surface area contributed by atoms with E-state index >= 15 is 0 Å². The maximum Gasteiger partial charge on any atom is 0.317 e. The van der Waals surface area contributed by atoms with E-state index in [1.165, 1.54) is 11.9 Å². The second-order valence-corrected chi connectivity index (χ2v) is 3.11. The second-order valence-electron chi connectivity index (χ2n) is 3.11. The molecule has 2 amide bonds. The number of urea groups is 1. The van der Waals surface area contributed by atoms with Gasteiger partial charge in [-0.3, -0.25) is 4.79 Å². The number of likely N-dealkylation sites (N-methyl/N-ethyl adjacent to an activating group) is 1. The molecule has 6 heteroatoms. The first-order valence-corrected chi connectivity index (χ1v) is 4.32. The van der Waals surface area contributed by atoms with E-state index in [1.54, 1.807) is 6.92 Å². The average molecular weight is 204 g/mol. The molecule has 0 saturated heterocycles. The number of aliphatic hydroxyl groups is 1. The number of amides is 2. The number of rotatable bonds is 5. The van der Waals surface area contributed by atoms with E-state index in [9.17, 15) is 9.59 Å². The molecule has 0 aromatic heterocycles. The van der Waals surface area contributed by atoms with Gasteiger partial charge in [-0.15, -0.1) is 0 Å². The van der Waals surface area contributed by atoms with Crippen molar-refractivity contribution in [3.8, 4) is 0 Å². The highest BCUT2D eigenvalue weighted by Gasteiger charge is 2.10. The number of carbonyl (C=O) groups is 2. The van der Waals surface area contributed by atoms with Crippen molar-refractivity contribution in [2.75, 3.05) is 20.1 Å². The summed E-state index contributed by atoms with van der Waals surface area (Å²) >= 11 is 0. The Labute approximate surface area is 82.5 Å². The van der Waals surface area contributed by atoms with Crippen molar-refractivity contribution in [2.45, 2.75) is 19.4 Å². The molecule has 82 valence electrons. The smallest absolute Gasteiger partial charge is 0.317 e. The number of aliphatic hydroxyl groups excluding tert-OH is 1. The van der Waals surface area contributed by atoms with Gasteiger partial charge in [0.2, 0.25) is 0 Å². The number of carboxylic acid groups (broad SMARTS) is 1. The molecule has 14 heavy (non-hydrogen) atoms. The van der Waals surface area contributed by atoms with Crippen LogP contribution < -0.4 is 5.32 Å². The molecule has 3 N–H and O–H groups in total.